The molecule has 2 aromatic rings. The summed E-state index contributed by atoms with van der Waals surface area (Å²) in [5, 5.41) is 0.523. The van der Waals surface area contributed by atoms with Gasteiger partial charge in [0.15, 0.2) is 0 Å². The third kappa shape index (κ3) is 2.08. The third-order valence-corrected chi connectivity index (χ3v) is 3.80. The molecule has 0 aliphatic heterocycles. The fourth-order valence-corrected chi connectivity index (χ4v) is 2.11. The minimum Gasteiger partial charge on any atom is -0.323 e. The first kappa shape index (κ1) is 12.1. The molecule has 17 heavy (non-hydrogen) atoms. The average Bonchev–Trinajstić information content (AvgIpc) is 2.31. The number of aromatic amines is 1. The lowest BCUT2D eigenvalue weighted by molar-refractivity contribution is 0.919. The predicted octanol–water partition coefficient (Wildman–Crippen LogP) is 2.25. The van der Waals surface area contributed by atoms with Crippen LogP contribution in [0.15, 0.2) is 38.6 Å². The quantitative estimate of drug-likeness (QED) is 0.821. The van der Waals surface area contributed by atoms with Gasteiger partial charge in [0.05, 0.1) is 10.7 Å². The summed E-state index contributed by atoms with van der Waals surface area (Å²) in [5.41, 5.74) is 0.0305. The maximum Gasteiger partial charge on any atom is 0.320 e. The van der Waals surface area contributed by atoms with Crippen molar-refractivity contribution in [2.75, 3.05) is 0 Å². The summed E-state index contributed by atoms with van der Waals surface area (Å²) in [5.74, 6) is 0. The van der Waals surface area contributed by atoms with Crippen molar-refractivity contribution in [1.82, 2.24) is 9.55 Å². The lowest BCUT2D eigenvalue weighted by Crippen LogP contribution is -2.34. The van der Waals surface area contributed by atoms with Crippen LogP contribution in [0.2, 0.25) is 5.02 Å². The highest BCUT2D eigenvalue weighted by Crippen LogP contribution is 2.29. The van der Waals surface area contributed by atoms with Gasteiger partial charge in [0.1, 0.15) is 0 Å². The van der Waals surface area contributed by atoms with E-state index in [4.69, 9.17) is 11.6 Å². The smallest absolute Gasteiger partial charge is 0.320 e. The van der Waals surface area contributed by atoms with E-state index in [0.717, 1.165) is 10.0 Å². The van der Waals surface area contributed by atoms with Crippen LogP contribution in [0.1, 0.15) is 5.56 Å². The molecule has 1 aromatic heterocycles. The number of benzene rings is 1. The summed E-state index contributed by atoms with van der Waals surface area (Å²) < 4.78 is 2.02. The number of aromatic nitrogens is 2. The second kappa shape index (κ2) is 4.50. The summed E-state index contributed by atoms with van der Waals surface area (Å²) in [4.78, 5) is 25.3. The maximum absolute atomic E-state index is 11.7. The van der Waals surface area contributed by atoms with Crippen molar-refractivity contribution in [2.45, 2.75) is 6.92 Å². The Morgan fingerprint density at radius 2 is 2.06 bits per heavy atom. The molecule has 0 aliphatic carbocycles. The molecule has 2 rings (SSSR count). The monoisotopic (exact) mass is 314 g/mol. The molecule has 0 bridgehead atoms. The molecule has 1 N–H and O–H groups in total. The number of H-pyrrole nitrogens is 1. The lowest BCUT2D eigenvalue weighted by Gasteiger charge is -2.10. The second-order valence-corrected chi connectivity index (χ2v) is 4.70. The van der Waals surface area contributed by atoms with Crippen LogP contribution in [0, 0.1) is 6.92 Å². The fraction of sp³-hybridized carbons (Fsp3) is 0.0909. The Bertz CT molecular complexity index is 691. The Labute approximate surface area is 110 Å². The average molecular weight is 316 g/mol. The molecule has 0 radical (unpaired) electrons. The number of nitrogens with zero attached hydrogens (tertiary/aromatic N) is 1. The number of nitrogens with one attached hydrogen (secondary N) is 1. The molecule has 0 saturated carbocycles. The van der Waals surface area contributed by atoms with Crippen molar-refractivity contribution in [3.8, 4) is 5.69 Å². The van der Waals surface area contributed by atoms with Crippen LogP contribution in [-0.2, 0) is 0 Å². The van der Waals surface area contributed by atoms with Gasteiger partial charge >= 0.3 is 11.1 Å². The molecule has 4 nitrogen and oxygen atoms in total. The maximum atomic E-state index is 11.7. The highest BCUT2D eigenvalue weighted by molar-refractivity contribution is 9.10. The predicted molar refractivity (Wildman–Crippen MR) is 70.1 cm³/mol. The fourth-order valence-electron chi connectivity index (χ4n) is 1.52. The standard InChI is InChI=1S/C11H8BrClN2O2/c1-6-8(3-2-7(12)9(6)13)15-5-4-14-10(16)11(15)17/h2-5H,1H3,(H,14,16). The van der Waals surface area contributed by atoms with Crippen molar-refractivity contribution < 1.29 is 0 Å². The minimum absolute atomic E-state index is 0.523. The SMILES string of the molecule is Cc1c(-n2cc[nH]c(=O)c2=O)ccc(Br)c1Cl. The molecular formula is C11H8BrClN2O2. The Hall–Kier alpha value is -1.33. The van der Waals surface area contributed by atoms with Gasteiger partial charge < -0.3 is 4.98 Å². The summed E-state index contributed by atoms with van der Waals surface area (Å²) in [7, 11) is 0. The van der Waals surface area contributed by atoms with Gasteiger partial charge in [-0.1, -0.05) is 11.6 Å². The molecule has 88 valence electrons. The van der Waals surface area contributed by atoms with Crippen molar-refractivity contribution in [3.05, 3.63) is 60.3 Å². The Balaban J connectivity index is 2.79. The highest BCUT2D eigenvalue weighted by Gasteiger charge is 2.10. The topological polar surface area (TPSA) is 54.9 Å². The van der Waals surface area contributed by atoms with Crippen molar-refractivity contribution >= 4 is 27.5 Å². The molecule has 0 spiro atoms. The van der Waals surface area contributed by atoms with Gasteiger partial charge in [-0.2, -0.15) is 0 Å². The molecule has 0 fully saturated rings. The Morgan fingerprint density at radius 1 is 1.35 bits per heavy atom. The van der Waals surface area contributed by atoms with Crippen molar-refractivity contribution in [2.24, 2.45) is 0 Å². The van der Waals surface area contributed by atoms with Crippen molar-refractivity contribution in [3.63, 3.8) is 0 Å². The van der Waals surface area contributed by atoms with Gasteiger partial charge in [0.2, 0.25) is 0 Å². The van der Waals surface area contributed by atoms with Crippen LogP contribution < -0.4 is 11.1 Å². The summed E-state index contributed by atoms with van der Waals surface area (Å²) in [6.45, 7) is 1.79. The van der Waals surface area contributed by atoms with Gasteiger partial charge in [-0.25, -0.2) is 0 Å². The van der Waals surface area contributed by atoms with Crippen LogP contribution >= 0.6 is 27.5 Å². The molecule has 0 unspecified atom stereocenters. The molecule has 0 amide bonds. The minimum atomic E-state index is -0.661. The van der Waals surface area contributed by atoms with Crippen LogP contribution in [0.4, 0.5) is 0 Å². The van der Waals surface area contributed by atoms with E-state index in [1.165, 1.54) is 17.0 Å². The van der Waals surface area contributed by atoms with Gasteiger partial charge in [-0.3, -0.25) is 14.2 Å². The van der Waals surface area contributed by atoms with Gasteiger partial charge in [-0.05, 0) is 40.5 Å². The summed E-state index contributed by atoms with van der Waals surface area (Å²) >= 11 is 9.38. The van der Waals surface area contributed by atoms with E-state index in [1.54, 1.807) is 19.1 Å². The molecule has 0 saturated heterocycles. The van der Waals surface area contributed by atoms with Crippen LogP contribution in [0.25, 0.3) is 5.69 Å². The molecule has 1 heterocycles. The number of hydrogen-bond acceptors (Lipinski definition) is 2. The van der Waals surface area contributed by atoms with E-state index in [2.05, 4.69) is 20.9 Å². The van der Waals surface area contributed by atoms with E-state index < -0.39 is 11.1 Å². The molecule has 6 heteroatoms. The van der Waals surface area contributed by atoms with Gasteiger partial charge in [0, 0.05) is 16.9 Å². The normalized spacial score (nSPS) is 10.5. The molecule has 0 atom stereocenters. The van der Waals surface area contributed by atoms with E-state index in [0.29, 0.717) is 10.7 Å². The van der Waals surface area contributed by atoms with Gasteiger partial charge in [-0.15, -0.1) is 0 Å². The first-order valence-electron chi connectivity index (χ1n) is 4.77. The first-order valence-corrected chi connectivity index (χ1v) is 5.95. The van der Waals surface area contributed by atoms with E-state index in [1.807, 2.05) is 0 Å². The van der Waals surface area contributed by atoms with Crippen molar-refractivity contribution in [1.29, 1.82) is 0 Å². The zero-order valence-corrected chi connectivity index (χ0v) is 11.2. The largest absolute Gasteiger partial charge is 0.323 e. The number of halogens is 2. The van der Waals surface area contributed by atoms with Crippen LogP contribution in [0.3, 0.4) is 0 Å². The summed E-state index contributed by atoms with van der Waals surface area (Å²) in [6, 6.07) is 3.46. The number of rotatable bonds is 1. The van der Waals surface area contributed by atoms with Gasteiger partial charge in [0.25, 0.3) is 0 Å². The van der Waals surface area contributed by atoms with E-state index in [9.17, 15) is 9.59 Å². The molecule has 0 aliphatic rings. The van der Waals surface area contributed by atoms with Crippen LogP contribution in [0.5, 0.6) is 0 Å². The Morgan fingerprint density at radius 3 is 2.76 bits per heavy atom. The Kier molecular flexibility index (Phi) is 3.22. The zero-order valence-electron chi connectivity index (χ0n) is 8.83. The third-order valence-electron chi connectivity index (χ3n) is 2.42. The van der Waals surface area contributed by atoms with Crippen LogP contribution in [-0.4, -0.2) is 9.55 Å². The van der Waals surface area contributed by atoms with E-state index >= 15 is 0 Å². The lowest BCUT2D eigenvalue weighted by atomic mass is 10.2. The first-order chi connectivity index (χ1) is 8.02. The van der Waals surface area contributed by atoms with E-state index in [-0.39, 0.29) is 0 Å². The summed E-state index contributed by atoms with van der Waals surface area (Å²) in [6.07, 6.45) is 2.91. The molecule has 1 aromatic carbocycles. The highest BCUT2D eigenvalue weighted by atomic mass is 79.9. The zero-order chi connectivity index (χ0) is 12.6. The molecular weight excluding hydrogens is 307 g/mol. The second-order valence-electron chi connectivity index (χ2n) is 3.47. The number of hydrogen-bond donors (Lipinski definition) is 1.